The molecule has 6 heteroatoms. The molecular weight excluding hydrogens is 320 g/mol. The summed E-state index contributed by atoms with van der Waals surface area (Å²) in [6, 6.07) is 6.16. The highest BCUT2D eigenvalue weighted by atomic mass is 32.1. The molecule has 1 N–H and O–H groups in total. The Balaban J connectivity index is 1.70. The van der Waals surface area contributed by atoms with Crippen LogP contribution in [0.5, 0.6) is 5.75 Å². The first-order valence-corrected chi connectivity index (χ1v) is 8.94. The first kappa shape index (κ1) is 16.9. The van der Waals surface area contributed by atoms with Crippen LogP contribution < -0.4 is 4.74 Å². The Morgan fingerprint density at radius 3 is 2.67 bits per heavy atom. The van der Waals surface area contributed by atoms with Crippen LogP contribution >= 0.6 is 12.2 Å². The average Bonchev–Trinajstić information content (AvgIpc) is 2.91. The van der Waals surface area contributed by atoms with Crippen molar-refractivity contribution in [1.82, 2.24) is 14.9 Å². The van der Waals surface area contributed by atoms with Gasteiger partial charge in [0.2, 0.25) is 4.77 Å². The minimum atomic E-state index is 0.331. The number of nitrogens with zero attached hydrogens (tertiary/aromatic N) is 3. The number of aromatic nitrogens is 3. The van der Waals surface area contributed by atoms with E-state index in [0.29, 0.717) is 23.1 Å². The molecule has 1 saturated carbocycles. The molecule has 0 saturated heterocycles. The van der Waals surface area contributed by atoms with E-state index in [0.717, 1.165) is 5.75 Å². The Morgan fingerprint density at radius 2 is 1.96 bits per heavy atom. The zero-order chi connectivity index (χ0) is 16.9. The van der Waals surface area contributed by atoms with Crippen LogP contribution in [0.15, 0.2) is 23.3 Å². The van der Waals surface area contributed by atoms with Crippen molar-refractivity contribution < 1.29 is 4.74 Å². The molecule has 0 atom stereocenters. The van der Waals surface area contributed by atoms with Crippen LogP contribution in [0.2, 0.25) is 0 Å². The number of benzene rings is 1. The monoisotopic (exact) mass is 344 g/mol. The van der Waals surface area contributed by atoms with Crippen LogP contribution in [-0.4, -0.2) is 21.1 Å². The summed E-state index contributed by atoms with van der Waals surface area (Å²) in [5.41, 5.74) is 2.36. The van der Waals surface area contributed by atoms with Gasteiger partial charge in [-0.05, 0) is 68.1 Å². The van der Waals surface area contributed by atoms with Crippen molar-refractivity contribution >= 4 is 18.4 Å². The molecule has 0 radical (unpaired) electrons. The molecule has 1 aliphatic carbocycles. The summed E-state index contributed by atoms with van der Waals surface area (Å²) in [4.78, 5) is 0. The number of nitrogens with one attached hydrogen (secondary N) is 1. The van der Waals surface area contributed by atoms with Crippen molar-refractivity contribution in [3.63, 3.8) is 0 Å². The molecule has 24 heavy (non-hydrogen) atoms. The van der Waals surface area contributed by atoms with E-state index in [1.54, 1.807) is 4.68 Å². The summed E-state index contributed by atoms with van der Waals surface area (Å²) in [7, 11) is 0. The van der Waals surface area contributed by atoms with Gasteiger partial charge in [0.25, 0.3) is 0 Å². The summed E-state index contributed by atoms with van der Waals surface area (Å²) in [5, 5.41) is 11.6. The van der Waals surface area contributed by atoms with Gasteiger partial charge >= 0.3 is 0 Å². The van der Waals surface area contributed by atoms with Gasteiger partial charge in [-0.2, -0.15) is 14.9 Å². The van der Waals surface area contributed by atoms with Gasteiger partial charge in [-0.3, -0.25) is 0 Å². The van der Waals surface area contributed by atoms with Crippen LogP contribution in [0.25, 0.3) is 0 Å². The molecule has 1 fully saturated rings. The van der Waals surface area contributed by atoms with Crippen molar-refractivity contribution in [2.24, 2.45) is 11.0 Å². The third kappa shape index (κ3) is 4.32. The minimum absolute atomic E-state index is 0.331. The molecule has 1 aliphatic rings. The number of hydrogen-bond donors (Lipinski definition) is 1. The summed E-state index contributed by atoms with van der Waals surface area (Å²) in [5.74, 6) is 2.07. The molecule has 128 valence electrons. The van der Waals surface area contributed by atoms with E-state index in [1.165, 1.54) is 43.2 Å². The quantitative estimate of drug-likeness (QED) is 0.639. The topological polar surface area (TPSA) is 55.2 Å². The second kappa shape index (κ2) is 7.75. The summed E-state index contributed by atoms with van der Waals surface area (Å²) in [6.45, 7) is 4.45. The molecule has 0 unspecified atom stereocenters. The predicted molar refractivity (Wildman–Crippen MR) is 98.1 cm³/mol. The molecule has 1 heterocycles. The van der Waals surface area contributed by atoms with Crippen molar-refractivity contribution in [3.05, 3.63) is 39.9 Å². The lowest BCUT2D eigenvalue weighted by molar-refractivity contribution is 0.290. The zero-order valence-corrected chi connectivity index (χ0v) is 15.1. The number of ether oxygens (including phenoxy) is 1. The summed E-state index contributed by atoms with van der Waals surface area (Å²) in [6.07, 6.45) is 8.35. The molecule has 1 aromatic heterocycles. The fraction of sp³-hybridized carbons (Fsp3) is 0.500. The van der Waals surface area contributed by atoms with Gasteiger partial charge in [0.1, 0.15) is 12.4 Å². The molecule has 0 aliphatic heterocycles. The van der Waals surface area contributed by atoms with Crippen molar-refractivity contribution in [2.75, 3.05) is 0 Å². The standard InChI is InChI=1S/C18H24N4OS/c1-13-8-14(2)10-16(9-13)23-12-17-20-21-18(24)22(17)19-11-15-6-4-3-5-7-15/h8-11,15H,3-7,12H2,1-2H3,(H,21,24)/b19-11-. The fourth-order valence-corrected chi connectivity index (χ4v) is 3.34. The first-order valence-electron chi connectivity index (χ1n) is 8.53. The van der Waals surface area contributed by atoms with Crippen LogP contribution in [0, 0.1) is 24.5 Å². The normalized spacial score (nSPS) is 15.9. The molecular formula is C18H24N4OS. The first-order chi connectivity index (χ1) is 11.6. The SMILES string of the molecule is Cc1cc(C)cc(OCc2n[nH]c(=S)n2/N=C\C2CCCCC2)c1. The highest BCUT2D eigenvalue weighted by Gasteiger charge is 2.12. The second-order valence-corrected chi connectivity index (χ2v) is 6.92. The Hall–Kier alpha value is -1.95. The Morgan fingerprint density at radius 1 is 1.25 bits per heavy atom. The third-order valence-corrected chi connectivity index (χ3v) is 4.59. The lowest BCUT2D eigenvalue weighted by atomic mass is 9.90. The number of H-pyrrole nitrogens is 1. The van der Waals surface area contributed by atoms with Gasteiger partial charge in [0.15, 0.2) is 5.82 Å². The largest absolute Gasteiger partial charge is 0.486 e. The Bertz CT molecular complexity index is 751. The number of hydrogen-bond acceptors (Lipinski definition) is 4. The summed E-state index contributed by atoms with van der Waals surface area (Å²) < 4.78 is 8.05. The lowest BCUT2D eigenvalue weighted by Crippen LogP contribution is -2.10. The van der Waals surface area contributed by atoms with Crippen LogP contribution in [0.3, 0.4) is 0 Å². The highest BCUT2D eigenvalue weighted by molar-refractivity contribution is 7.71. The second-order valence-electron chi connectivity index (χ2n) is 6.53. The smallest absolute Gasteiger partial charge is 0.216 e. The average molecular weight is 344 g/mol. The van der Waals surface area contributed by atoms with Crippen molar-refractivity contribution in [1.29, 1.82) is 0 Å². The van der Waals surface area contributed by atoms with Gasteiger partial charge in [-0.1, -0.05) is 25.3 Å². The maximum absolute atomic E-state index is 5.88. The molecule has 2 aromatic rings. The number of aromatic amines is 1. The summed E-state index contributed by atoms with van der Waals surface area (Å²) >= 11 is 5.29. The van der Waals surface area contributed by atoms with Crippen molar-refractivity contribution in [2.45, 2.75) is 52.6 Å². The highest BCUT2D eigenvalue weighted by Crippen LogP contribution is 2.22. The Labute approximate surface area is 147 Å². The molecule has 0 spiro atoms. The molecule has 1 aromatic carbocycles. The molecule has 5 nitrogen and oxygen atoms in total. The van der Waals surface area contributed by atoms with E-state index in [1.807, 2.05) is 18.3 Å². The van der Waals surface area contributed by atoms with Gasteiger partial charge in [0, 0.05) is 6.21 Å². The van der Waals surface area contributed by atoms with Crippen LogP contribution in [0.4, 0.5) is 0 Å². The maximum atomic E-state index is 5.88. The molecule has 0 amide bonds. The van der Waals surface area contributed by atoms with E-state index >= 15 is 0 Å². The van der Waals surface area contributed by atoms with E-state index in [9.17, 15) is 0 Å². The maximum Gasteiger partial charge on any atom is 0.216 e. The molecule has 0 bridgehead atoms. The van der Waals surface area contributed by atoms with Crippen LogP contribution in [-0.2, 0) is 6.61 Å². The van der Waals surface area contributed by atoms with Gasteiger partial charge < -0.3 is 4.74 Å². The van der Waals surface area contributed by atoms with Crippen LogP contribution in [0.1, 0.15) is 49.1 Å². The van der Waals surface area contributed by atoms with E-state index in [2.05, 4.69) is 35.2 Å². The number of aryl methyl sites for hydroxylation is 2. The fourth-order valence-electron chi connectivity index (χ4n) is 3.15. The zero-order valence-electron chi connectivity index (χ0n) is 14.3. The lowest BCUT2D eigenvalue weighted by Gasteiger charge is -2.16. The minimum Gasteiger partial charge on any atom is -0.486 e. The van der Waals surface area contributed by atoms with Crippen molar-refractivity contribution in [3.8, 4) is 5.75 Å². The van der Waals surface area contributed by atoms with Gasteiger partial charge in [-0.25, -0.2) is 5.10 Å². The molecule has 3 rings (SSSR count). The van der Waals surface area contributed by atoms with Gasteiger partial charge in [-0.15, -0.1) is 0 Å². The Kier molecular flexibility index (Phi) is 5.45. The van der Waals surface area contributed by atoms with E-state index < -0.39 is 0 Å². The van der Waals surface area contributed by atoms with E-state index in [-0.39, 0.29) is 0 Å². The predicted octanol–water partition coefficient (Wildman–Crippen LogP) is 4.55. The number of rotatable bonds is 5. The van der Waals surface area contributed by atoms with Gasteiger partial charge in [0.05, 0.1) is 0 Å². The third-order valence-electron chi connectivity index (χ3n) is 4.32. The van der Waals surface area contributed by atoms with E-state index in [4.69, 9.17) is 17.0 Å².